The minimum Gasteiger partial charge on any atom is -0.438 e. The van der Waals surface area contributed by atoms with Crippen LogP contribution in [0.3, 0.4) is 0 Å². The first-order valence-electron chi connectivity index (χ1n) is 7.71. The third-order valence-corrected chi connectivity index (χ3v) is 4.28. The fourth-order valence-electron chi connectivity index (χ4n) is 2.85. The highest BCUT2D eigenvalue weighted by Gasteiger charge is 2.43. The van der Waals surface area contributed by atoms with Crippen molar-refractivity contribution in [3.8, 4) is 0 Å². The standard InChI is InChI=1S/C17H19ClFNO6/c1-8-14(25-16(21)23-3)12(10-6-5-7-11(18)13(10)19)15(9(2)20-8)26-17(22)24-4/h5-8,12,14,20H,1-4H3. The van der Waals surface area contributed by atoms with Gasteiger partial charge in [-0.25, -0.2) is 14.0 Å². The third kappa shape index (κ3) is 4.01. The number of rotatable bonds is 3. The van der Waals surface area contributed by atoms with Crippen LogP contribution in [-0.2, 0) is 18.9 Å². The molecule has 0 amide bonds. The third-order valence-electron chi connectivity index (χ3n) is 3.99. The van der Waals surface area contributed by atoms with E-state index in [0.717, 1.165) is 14.2 Å². The van der Waals surface area contributed by atoms with Gasteiger partial charge in [-0.05, 0) is 19.9 Å². The summed E-state index contributed by atoms with van der Waals surface area (Å²) in [6.07, 6.45) is -2.87. The summed E-state index contributed by atoms with van der Waals surface area (Å²) >= 11 is 5.90. The summed E-state index contributed by atoms with van der Waals surface area (Å²) in [4.78, 5) is 23.3. The Kier molecular flexibility index (Phi) is 6.31. The number of allylic oxidation sites excluding steroid dienone is 1. The Bertz CT molecular complexity index is 738. The molecule has 7 nitrogen and oxygen atoms in total. The fraction of sp³-hybridized carbons (Fsp3) is 0.412. The maximum Gasteiger partial charge on any atom is 0.513 e. The Labute approximate surface area is 155 Å². The van der Waals surface area contributed by atoms with Crippen molar-refractivity contribution in [2.45, 2.75) is 31.9 Å². The lowest BCUT2D eigenvalue weighted by molar-refractivity contribution is 0.00297. The lowest BCUT2D eigenvalue weighted by Gasteiger charge is -2.38. The minimum absolute atomic E-state index is 0.0602. The molecule has 0 fully saturated rings. The molecule has 0 aromatic heterocycles. The van der Waals surface area contributed by atoms with Gasteiger partial charge in [-0.2, -0.15) is 0 Å². The molecule has 0 saturated heterocycles. The molecule has 0 spiro atoms. The second-order valence-electron chi connectivity index (χ2n) is 5.64. The Morgan fingerprint density at radius 3 is 2.46 bits per heavy atom. The molecule has 1 heterocycles. The quantitative estimate of drug-likeness (QED) is 0.791. The van der Waals surface area contributed by atoms with Crippen LogP contribution in [0.2, 0.25) is 5.02 Å². The van der Waals surface area contributed by atoms with E-state index in [0.29, 0.717) is 5.70 Å². The first kappa shape index (κ1) is 19.8. The predicted octanol–water partition coefficient (Wildman–Crippen LogP) is 3.72. The monoisotopic (exact) mass is 387 g/mol. The summed E-state index contributed by atoms with van der Waals surface area (Å²) in [5.41, 5.74) is 0.579. The number of halogens is 2. The lowest BCUT2D eigenvalue weighted by Crippen LogP contribution is -2.48. The number of hydrogen-bond acceptors (Lipinski definition) is 7. The van der Waals surface area contributed by atoms with Crippen molar-refractivity contribution in [2.75, 3.05) is 14.2 Å². The zero-order chi connectivity index (χ0) is 19.4. The fourth-order valence-corrected chi connectivity index (χ4v) is 3.03. The highest BCUT2D eigenvalue weighted by molar-refractivity contribution is 6.30. The van der Waals surface area contributed by atoms with E-state index in [9.17, 15) is 14.0 Å². The molecule has 26 heavy (non-hydrogen) atoms. The number of carbonyl (C=O) groups excluding carboxylic acids is 2. The van der Waals surface area contributed by atoms with Crippen molar-refractivity contribution in [1.29, 1.82) is 0 Å². The molecular formula is C17H19ClFNO6. The van der Waals surface area contributed by atoms with E-state index in [4.69, 9.17) is 21.1 Å². The number of carbonyl (C=O) groups is 2. The van der Waals surface area contributed by atoms with E-state index in [-0.39, 0.29) is 16.3 Å². The topological polar surface area (TPSA) is 83.1 Å². The van der Waals surface area contributed by atoms with Crippen molar-refractivity contribution in [2.24, 2.45) is 0 Å². The van der Waals surface area contributed by atoms with Crippen molar-refractivity contribution >= 4 is 23.9 Å². The van der Waals surface area contributed by atoms with Crippen LogP contribution < -0.4 is 5.32 Å². The Balaban J connectivity index is 2.59. The van der Waals surface area contributed by atoms with Gasteiger partial charge in [0.25, 0.3) is 0 Å². The van der Waals surface area contributed by atoms with Crippen LogP contribution >= 0.6 is 11.6 Å². The van der Waals surface area contributed by atoms with Gasteiger partial charge < -0.3 is 24.3 Å². The Morgan fingerprint density at radius 1 is 1.19 bits per heavy atom. The number of methoxy groups -OCH3 is 2. The predicted molar refractivity (Wildman–Crippen MR) is 90.2 cm³/mol. The van der Waals surface area contributed by atoms with E-state index in [1.807, 2.05) is 0 Å². The van der Waals surface area contributed by atoms with Crippen molar-refractivity contribution < 1.29 is 32.9 Å². The molecule has 0 bridgehead atoms. The SMILES string of the molecule is COC(=O)OC1=C(C)NC(C)C(OC(=O)OC)C1c1cccc(Cl)c1F. The Hall–Kier alpha value is -2.48. The van der Waals surface area contributed by atoms with E-state index < -0.39 is 36.2 Å². The molecular weight excluding hydrogens is 369 g/mol. The van der Waals surface area contributed by atoms with Gasteiger partial charge in [-0.3, -0.25) is 0 Å². The highest BCUT2D eigenvalue weighted by Crippen LogP contribution is 2.39. The summed E-state index contributed by atoms with van der Waals surface area (Å²) in [5, 5.41) is 2.92. The van der Waals surface area contributed by atoms with Gasteiger partial charge in [0.1, 0.15) is 17.7 Å². The number of hydrogen-bond donors (Lipinski definition) is 1. The normalized spacial score (nSPS) is 22.3. The van der Waals surface area contributed by atoms with Crippen LogP contribution in [0.4, 0.5) is 14.0 Å². The molecule has 142 valence electrons. The van der Waals surface area contributed by atoms with Gasteiger partial charge in [-0.1, -0.05) is 23.7 Å². The molecule has 2 rings (SSSR count). The van der Waals surface area contributed by atoms with Gasteiger partial charge in [0, 0.05) is 11.3 Å². The van der Waals surface area contributed by atoms with E-state index >= 15 is 0 Å². The van der Waals surface area contributed by atoms with Crippen LogP contribution in [-0.4, -0.2) is 38.7 Å². The molecule has 0 saturated carbocycles. The maximum absolute atomic E-state index is 14.7. The van der Waals surface area contributed by atoms with Crippen LogP contribution in [0.5, 0.6) is 0 Å². The zero-order valence-electron chi connectivity index (χ0n) is 14.7. The molecule has 1 aliphatic rings. The second-order valence-corrected chi connectivity index (χ2v) is 6.04. The summed E-state index contributed by atoms with van der Waals surface area (Å²) in [5.74, 6) is -1.58. The van der Waals surface area contributed by atoms with Gasteiger partial charge in [0.2, 0.25) is 0 Å². The van der Waals surface area contributed by atoms with Crippen molar-refractivity contribution in [1.82, 2.24) is 5.32 Å². The van der Waals surface area contributed by atoms with E-state index in [2.05, 4.69) is 14.8 Å². The Morgan fingerprint density at radius 2 is 1.85 bits per heavy atom. The summed E-state index contributed by atoms with van der Waals surface area (Å²) < 4.78 is 34.3. The van der Waals surface area contributed by atoms with Gasteiger partial charge >= 0.3 is 12.3 Å². The lowest BCUT2D eigenvalue weighted by atomic mass is 9.84. The summed E-state index contributed by atoms with van der Waals surface area (Å²) in [6.45, 7) is 3.39. The largest absolute Gasteiger partial charge is 0.513 e. The molecule has 3 atom stereocenters. The molecule has 1 aliphatic heterocycles. The van der Waals surface area contributed by atoms with Crippen LogP contribution in [0, 0.1) is 5.82 Å². The average Bonchev–Trinajstić information content (AvgIpc) is 2.61. The van der Waals surface area contributed by atoms with Gasteiger partial charge in [0.15, 0.2) is 0 Å². The van der Waals surface area contributed by atoms with Crippen molar-refractivity contribution in [3.63, 3.8) is 0 Å². The number of ether oxygens (including phenoxy) is 4. The van der Waals surface area contributed by atoms with Crippen LogP contribution in [0.15, 0.2) is 29.7 Å². The first-order valence-corrected chi connectivity index (χ1v) is 8.09. The molecule has 1 aromatic rings. The molecule has 9 heteroatoms. The smallest absolute Gasteiger partial charge is 0.438 e. The van der Waals surface area contributed by atoms with Gasteiger partial charge in [0.05, 0.1) is 31.2 Å². The van der Waals surface area contributed by atoms with Crippen LogP contribution in [0.25, 0.3) is 0 Å². The van der Waals surface area contributed by atoms with Crippen LogP contribution in [0.1, 0.15) is 25.3 Å². The molecule has 0 aliphatic carbocycles. The highest BCUT2D eigenvalue weighted by atomic mass is 35.5. The second kappa shape index (κ2) is 8.27. The molecule has 1 aromatic carbocycles. The summed E-state index contributed by atoms with van der Waals surface area (Å²) in [6, 6.07) is 3.99. The zero-order valence-corrected chi connectivity index (χ0v) is 15.4. The minimum atomic E-state index is -0.986. The van der Waals surface area contributed by atoms with E-state index in [1.165, 1.54) is 12.1 Å². The van der Waals surface area contributed by atoms with E-state index in [1.54, 1.807) is 19.9 Å². The molecule has 3 unspecified atom stereocenters. The first-order chi connectivity index (χ1) is 12.3. The molecule has 0 radical (unpaired) electrons. The number of nitrogens with one attached hydrogen (secondary N) is 1. The number of benzene rings is 1. The molecule has 1 N–H and O–H groups in total. The average molecular weight is 388 g/mol. The van der Waals surface area contributed by atoms with Gasteiger partial charge in [-0.15, -0.1) is 0 Å². The maximum atomic E-state index is 14.7. The summed E-state index contributed by atoms with van der Waals surface area (Å²) in [7, 11) is 2.31. The van der Waals surface area contributed by atoms with Crippen molar-refractivity contribution in [3.05, 3.63) is 46.1 Å².